The van der Waals surface area contributed by atoms with E-state index in [1.165, 1.54) is 6.20 Å². The number of anilines is 1. The van der Waals surface area contributed by atoms with Crippen LogP contribution in [0.3, 0.4) is 0 Å². The fourth-order valence-corrected chi connectivity index (χ4v) is 3.62. The van der Waals surface area contributed by atoms with E-state index in [9.17, 15) is 14.4 Å². The van der Waals surface area contributed by atoms with E-state index in [1.807, 2.05) is 27.7 Å². The Balaban J connectivity index is 1.69. The Kier molecular flexibility index (Phi) is 9.90. The van der Waals surface area contributed by atoms with Crippen molar-refractivity contribution >= 4 is 41.0 Å². The third-order valence-electron chi connectivity index (χ3n) is 5.45. The first kappa shape index (κ1) is 26.4. The molecule has 0 radical (unpaired) electrons. The fourth-order valence-electron chi connectivity index (χ4n) is 2.78. The van der Waals surface area contributed by atoms with Gasteiger partial charge in [0.05, 0.1) is 10.6 Å². The summed E-state index contributed by atoms with van der Waals surface area (Å²) in [4.78, 5) is 42.4. The minimum absolute atomic E-state index is 0.0141. The molecule has 10 heteroatoms. The molecule has 9 nitrogen and oxygen atoms in total. The predicted molar refractivity (Wildman–Crippen MR) is 133 cm³/mol. The lowest BCUT2D eigenvalue weighted by Gasteiger charge is -2.21. The largest absolute Gasteiger partial charge is 0.354 e. The number of thioether (sulfide) groups is 1. The van der Waals surface area contributed by atoms with Crippen LogP contribution in [0.2, 0.25) is 0 Å². The topological polar surface area (TPSA) is 116 Å². The van der Waals surface area contributed by atoms with Crippen LogP contribution in [0.1, 0.15) is 57.3 Å². The van der Waals surface area contributed by atoms with Crippen LogP contribution >= 0.6 is 11.8 Å². The number of carbonyl (C=O) groups is 3. The van der Waals surface area contributed by atoms with Gasteiger partial charge in [-0.3, -0.25) is 19.8 Å². The van der Waals surface area contributed by atoms with Crippen molar-refractivity contribution in [1.82, 2.24) is 20.5 Å². The van der Waals surface area contributed by atoms with Gasteiger partial charge in [-0.05, 0) is 31.9 Å². The molecule has 1 aliphatic heterocycles. The average molecular weight is 475 g/mol. The SMILES string of the molecule is C=C1SCCN1C(=O)c1ccc(N/N=C(/C)CCC(=O)NCCNC(=O)C(C)(C)CC)nc1. The van der Waals surface area contributed by atoms with Gasteiger partial charge in [0.25, 0.3) is 5.91 Å². The first-order valence-electron chi connectivity index (χ1n) is 11.1. The number of nitrogens with zero attached hydrogens (tertiary/aromatic N) is 3. The zero-order valence-corrected chi connectivity index (χ0v) is 20.7. The molecule has 0 unspecified atom stereocenters. The quantitative estimate of drug-likeness (QED) is 0.258. The van der Waals surface area contributed by atoms with Crippen molar-refractivity contribution in [2.45, 2.75) is 47.0 Å². The molecule has 0 spiro atoms. The maximum atomic E-state index is 12.5. The number of hydrazone groups is 1. The van der Waals surface area contributed by atoms with E-state index in [1.54, 1.807) is 28.8 Å². The van der Waals surface area contributed by atoms with E-state index >= 15 is 0 Å². The monoisotopic (exact) mass is 474 g/mol. The third-order valence-corrected chi connectivity index (χ3v) is 6.39. The summed E-state index contributed by atoms with van der Waals surface area (Å²) in [7, 11) is 0. The van der Waals surface area contributed by atoms with Gasteiger partial charge in [-0.1, -0.05) is 27.4 Å². The summed E-state index contributed by atoms with van der Waals surface area (Å²) in [5.41, 5.74) is 3.68. The van der Waals surface area contributed by atoms with E-state index in [4.69, 9.17) is 0 Å². The summed E-state index contributed by atoms with van der Waals surface area (Å²) < 4.78 is 0. The van der Waals surface area contributed by atoms with Crippen molar-refractivity contribution in [1.29, 1.82) is 0 Å². The van der Waals surface area contributed by atoms with Gasteiger partial charge in [0.2, 0.25) is 11.8 Å². The molecule has 1 saturated heterocycles. The molecular weight excluding hydrogens is 440 g/mol. The molecule has 180 valence electrons. The first-order chi connectivity index (χ1) is 15.6. The van der Waals surface area contributed by atoms with Crippen molar-refractivity contribution < 1.29 is 14.4 Å². The molecule has 0 aliphatic carbocycles. The van der Waals surface area contributed by atoms with Crippen LogP contribution in [0.25, 0.3) is 0 Å². The number of pyridine rings is 1. The number of rotatable bonds is 11. The standard InChI is InChI=1S/C23H34N6O3S/c1-6-23(4,5)22(32)25-12-11-24-20(30)10-7-16(2)27-28-19-9-8-18(15-26-19)21(31)29-13-14-33-17(29)3/h8-9,15H,3,6-7,10-14H2,1-2,4-5H3,(H,24,30)(H,25,32)(H,26,28)/b27-16-. The van der Waals surface area contributed by atoms with Crippen molar-refractivity contribution in [2.24, 2.45) is 10.5 Å². The molecule has 0 saturated carbocycles. The summed E-state index contributed by atoms with van der Waals surface area (Å²) >= 11 is 1.57. The second-order valence-electron chi connectivity index (χ2n) is 8.43. The summed E-state index contributed by atoms with van der Waals surface area (Å²) in [5, 5.41) is 10.6. The van der Waals surface area contributed by atoms with Crippen molar-refractivity contribution in [2.75, 3.05) is 30.8 Å². The van der Waals surface area contributed by atoms with Gasteiger partial charge in [-0.15, -0.1) is 11.8 Å². The smallest absolute Gasteiger partial charge is 0.260 e. The van der Waals surface area contributed by atoms with Gasteiger partial charge in [0.1, 0.15) is 5.82 Å². The molecule has 0 aromatic carbocycles. The zero-order valence-electron chi connectivity index (χ0n) is 19.9. The molecule has 1 aromatic heterocycles. The first-order valence-corrected chi connectivity index (χ1v) is 12.1. The summed E-state index contributed by atoms with van der Waals surface area (Å²) in [6, 6.07) is 3.39. The summed E-state index contributed by atoms with van der Waals surface area (Å²) in [5.74, 6) is 1.15. The van der Waals surface area contributed by atoms with Crippen LogP contribution in [-0.2, 0) is 9.59 Å². The van der Waals surface area contributed by atoms with E-state index < -0.39 is 5.41 Å². The zero-order chi connectivity index (χ0) is 24.4. The molecule has 1 fully saturated rings. The van der Waals surface area contributed by atoms with Gasteiger partial charge in [-0.25, -0.2) is 4.98 Å². The van der Waals surface area contributed by atoms with Crippen molar-refractivity contribution in [3.05, 3.63) is 35.5 Å². The number of hydrogen-bond donors (Lipinski definition) is 3. The Morgan fingerprint density at radius 2 is 1.94 bits per heavy atom. The van der Waals surface area contributed by atoms with Gasteiger partial charge in [0.15, 0.2) is 0 Å². The second-order valence-corrected chi connectivity index (χ2v) is 9.60. The molecular formula is C23H34N6O3S. The number of carbonyl (C=O) groups excluding carboxylic acids is 3. The molecule has 3 N–H and O–H groups in total. The van der Waals surface area contributed by atoms with E-state index in [-0.39, 0.29) is 17.7 Å². The minimum Gasteiger partial charge on any atom is -0.354 e. The lowest BCUT2D eigenvalue weighted by Crippen LogP contribution is -2.40. The molecule has 2 heterocycles. The van der Waals surface area contributed by atoms with Crippen molar-refractivity contribution in [3.63, 3.8) is 0 Å². The Morgan fingerprint density at radius 1 is 1.21 bits per heavy atom. The van der Waals surface area contributed by atoms with Crippen LogP contribution in [0, 0.1) is 5.41 Å². The highest BCUT2D eigenvalue weighted by Gasteiger charge is 2.25. The molecule has 0 bridgehead atoms. The molecule has 3 amide bonds. The van der Waals surface area contributed by atoms with Crippen LogP contribution in [0.4, 0.5) is 5.82 Å². The van der Waals surface area contributed by atoms with E-state index in [0.29, 0.717) is 43.9 Å². The van der Waals surface area contributed by atoms with Crippen LogP contribution in [-0.4, -0.2) is 58.7 Å². The fraction of sp³-hybridized carbons (Fsp3) is 0.522. The Morgan fingerprint density at radius 3 is 2.55 bits per heavy atom. The highest BCUT2D eigenvalue weighted by Crippen LogP contribution is 2.27. The summed E-state index contributed by atoms with van der Waals surface area (Å²) in [6.45, 7) is 12.9. The van der Waals surface area contributed by atoms with Crippen LogP contribution in [0.15, 0.2) is 35.0 Å². The van der Waals surface area contributed by atoms with Gasteiger partial charge in [0, 0.05) is 49.1 Å². The van der Waals surface area contributed by atoms with Crippen molar-refractivity contribution in [3.8, 4) is 0 Å². The lowest BCUT2D eigenvalue weighted by atomic mass is 9.89. The second kappa shape index (κ2) is 12.4. The minimum atomic E-state index is -0.405. The molecule has 33 heavy (non-hydrogen) atoms. The summed E-state index contributed by atoms with van der Waals surface area (Å²) in [6.07, 6.45) is 3.05. The maximum absolute atomic E-state index is 12.5. The normalized spacial score (nSPS) is 14.2. The van der Waals surface area contributed by atoms with Gasteiger partial charge < -0.3 is 15.5 Å². The highest BCUT2D eigenvalue weighted by molar-refractivity contribution is 8.03. The molecule has 1 aromatic rings. The van der Waals surface area contributed by atoms with Crippen LogP contribution < -0.4 is 16.1 Å². The number of nitrogens with one attached hydrogen (secondary N) is 3. The van der Waals surface area contributed by atoms with Gasteiger partial charge >= 0.3 is 0 Å². The maximum Gasteiger partial charge on any atom is 0.260 e. The Labute approximate surface area is 199 Å². The Bertz CT molecular complexity index is 898. The lowest BCUT2D eigenvalue weighted by molar-refractivity contribution is -0.129. The predicted octanol–water partition coefficient (Wildman–Crippen LogP) is 2.98. The molecule has 2 rings (SSSR count). The number of hydrogen-bond acceptors (Lipinski definition) is 7. The van der Waals surface area contributed by atoms with E-state index in [2.05, 4.69) is 32.7 Å². The number of amides is 3. The molecule has 1 aliphatic rings. The Hall–Kier alpha value is -2.88. The average Bonchev–Trinajstić information content (AvgIpc) is 3.24. The highest BCUT2D eigenvalue weighted by atomic mass is 32.2. The van der Waals surface area contributed by atoms with E-state index in [0.717, 1.165) is 22.9 Å². The van der Waals surface area contributed by atoms with Crippen LogP contribution in [0.5, 0.6) is 0 Å². The third kappa shape index (κ3) is 8.20. The number of aromatic nitrogens is 1. The van der Waals surface area contributed by atoms with Gasteiger partial charge in [-0.2, -0.15) is 5.10 Å². The molecule has 0 atom stereocenters.